The van der Waals surface area contributed by atoms with Crippen LogP contribution in [0.3, 0.4) is 0 Å². The Morgan fingerprint density at radius 2 is 1.70 bits per heavy atom. The van der Waals surface area contributed by atoms with E-state index in [2.05, 4.69) is 21.2 Å². The Labute approximate surface area is 127 Å². The molecule has 0 radical (unpaired) electrons. The summed E-state index contributed by atoms with van der Waals surface area (Å²) in [5, 5.41) is 2.71. The second kappa shape index (κ2) is 7.24. The van der Waals surface area contributed by atoms with Crippen LogP contribution >= 0.6 is 15.9 Å². The number of rotatable bonds is 3. The molecule has 0 aromatic heterocycles. The van der Waals surface area contributed by atoms with Crippen molar-refractivity contribution < 1.29 is 9.59 Å². The highest BCUT2D eigenvalue weighted by molar-refractivity contribution is 9.10. The number of benzene rings is 1. The van der Waals surface area contributed by atoms with Gasteiger partial charge in [-0.25, -0.2) is 0 Å². The summed E-state index contributed by atoms with van der Waals surface area (Å²) in [7, 11) is 0. The molecule has 0 atom stereocenters. The lowest BCUT2D eigenvalue weighted by molar-refractivity contribution is -0.127. The predicted molar refractivity (Wildman–Crippen MR) is 82.3 cm³/mol. The average molecular weight is 337 g/mol. The molecular weight excluding hydrogens is 320 g/mol. The van der Waals surface area contributed by atoms with E-state index in [1.165, 1.54) is 18.6 Å². The second-order valence-corrected chi connectivity index (χ2v) is 5.63. The molecule has 1 aliphatic heterocycles. The molecule has 0 aliphatic carbocycles. The van der Waals surface area contributed by atoms with Crippen molar-refractivity contribution in [3.8, 4) is 0 Å². The van der Waals surface area contributed by atoms with E-state index in [1.807, 2.05) is 12.1 Å². The van der Waals surface area contributed by atoms with E-state index in [4.69, 9.17) is 0 Å². The first-order chi connectivity index (χ1) is 9.65. The lowest BCUT2D eigenvalue weighted by Gasteiger charge is -2.25. The first kappa shape index (κ1) is 14.8. The molecule has 1 aromatic carbocycles. The quantitative estimate of drug-likeness (QED) is 0.862. The highest BCUT2D eigenvalue weighted by atomic mass is 79.9. The third-order valence-electron chi connectivity index (χ3n) is 3.16. The number of amides is 2. The molecule has 106 valence electrons. The molecule has 2 rings (SSSR count). The van der Waals surface area contributed by atoms with E-state index in [-0.39, 0.29) is 11.8 Å². The van der Waals surface area contributed by atoms with E-state index in [0.29, 0.717) is 5.69 Å². The molecule has 0 saturated carbocycles. The van der Waals surface area contributed by atoms with Gasteiger partial charge in [0.05, 0.1) is 0 Å². The number of hydrogen-bond acceptors (Lipinski definition) is 2. The Balaban J connectivity index is 1.85. The molecular formula is C15H17BrN2O2. The van der Waals surface area contributed by atoms with Crippen LogP contribution in [0, 0.1) is 0 Å². The molecule has 20 heavy (non-hydrogen) atoms. The van der Waals surface area contributed by atoms with Gasteiger partial charge in [-0.2, -0.15) is 0 Å². The van der Waals surface area contributed by atoms with Gasteiger partial charge < -0.3 is 10.2 Å². The minimum Gasteiger partial charge on any atom is -0.339 e. The predicted octanol–water partition coefficient (Wildman–Crippen LogP) is 2.96. The van der Waals surface area contributed by atoms with Crippen molar-refractivity contribution in [2.75, 3.05) is 18.4 Å². The zero-order valence-corrected chi connectivity index (χ0v) is 12.7. The number of likely N-dealkylation sites (tertiary alicyclic amines) is 1. The first-order valence-corrected chi connectivity index (χ1v) is 7.48. The van der Waals surface area contributed by atoms with Crippen molar-refractivity contribution in [3.05, 3.63) is 40.9 Å². The summed E-state index contributed by atoms with van der Waals surface area (Å²) in [6.07, 6.45) is 5.91. The minimum absolute atomic E-state index is 0.0874. The topological polar surface area (TPSA) is 49.4 Å². The molecule has 0 spiro atoms. The smallest absolute Gasteiger partial charge is 0.248 e. The largest absolute Gasteiger partial charge is 0.339 e. The third kappa shape index (κ3) is 4.49. The van der Waals surface area contributed by atoms with Crippen molar-refractivity contribution in [3.63, 3.8) is 0 Å². The standard InChI is InChI=1S/C15H17BrN2O2/c16-12-4-6-13(7-5-12)17-14(19)8-9-15(20)18-10-2-1-3-11-18/h4-9H,1-3,10-11H2,(H,17,19)/b9-8-. The number of nitrogens with zero attached hydrogens (tertiary/aromatic N) is 1. The summed E-state index contributed by atoms with van der Waals surface area (Å²) in [5.41, 5.74) is 0.702. The van der Waals surface area contributed by atoms with Crippen LogP contribution in [0.5, 0.6) is 0 Å². The van der Waals surface area contributed by atoms with Crippen LogP contribution in [0.1, 0.15) is 19.3 Å². The summed E-state index contributed by atoms with van der Waals surface area (Å²) in [5.74, 6) is -0.381. The molecule has 0 unspecified atom stereocenters. The van der Waals surface area contributed by atoms with Gasteiger partial charge >= 0.3 is 0 Å². The van der Waals surface area contributed by atoms with E-state index in [0.717, 1.165) is 30.4 Å². The van der Waals surface area contributed by atoms with Crippen molar-refractivity contribution in [1.82, 2.24) is 4.90 Å². The van der Waals surface area contributed by atoms with Gasteiger partial charge in [-0.3, -0.25) is 9.59 Å². The van der Waals surface area contributed by atoms with Gasteiger partial charge in [-0.15, -0.1) is 0 Å². The number of halogens is 1. The van der Waals surface area contributed by atoms with Crippen molar-refractivity contribution in [1.29, 1.82) is 0 Å². The van der Waals surface area contributed by atoms with Crippen molar-refractivity contribution in [2.45, 2.75) is 19.3 Å². The van der Waals surface area contributed by atoms with E-state index < -0.39 is 0 Å². The zero-order chi connectivity index (χ0) is 14.4. The van der Waals surface area contributed by atoms with Crippen LogP contribution < -0.4 is 5.32 Å². The Morgan fingerprint density at radius 1 is 1.05 bits per heavy atom. The normalized spacial score (nSPS) is 15.3. The number of carbonyl (C=O) groups excluding carboxylic acids is 2. The number of nitrogens with one attached hydrogen (secondary N) is 1. The number of piperidine rings is 1. The fourth-order valence-electron chi connectivity index (χ4n) is 2.08. The molecule has 2 amide bonds. The molecule has 1 aliphatic rings. The molecule has 1 N–H and O–H groups in total. The molecule has 4 nitrogen and oxygen atoms in total. The molecule has 1 saturated heterocycles. The van der Waals surface area contributed by atoms with Crippen LogP contribution in [-0.2, 0) is 9.59 Å². The fourth-order valence-corrected chi connectivity index (χ4v) is 2.35. The highest BCUT2D eigenvalue weighted by Crippen LogP contribution is 2.14. The van der Waals surface area contributed by atoms with Gasteiger partial charge in [0.2, 0.25) is 11.8 Å². The van der Waals surface area contributed by atoms with E-state index in [9.17, 15) is 9.59 Å². The van der Waals surface area contributed by atoms with Crippen LogP contribution in [-0.4, -0.2) is 29.8 Å². The summed E-state index contributed by atoms with van der Waals surface area (Å²) in [6.45, 7) is 1.58. The van der Waals surface area contributed by atoms with E-state index >= 15 is 0 Å². The first-order valence-electron chi connectivity index (χ1n) is 6.69. The summed E-state index contributed by atoms with van der Waals surface area (Å²) in [6, 6.07) is 7.28. The maximum Gasteiger partial charge on any atom is 0.248 e. The van der Waals surface area contributed by atoms with Crippen molar-refractivity contribution >= 4 is 33.4 Å². The minimum atomic E-state index is -0.294. The average Bonchev–Trinajstić information content (AvgIpc) is 2.48. The van der Waals surface area contributed by atoms with E-state index in [1.54, 1.807) is 17.0 Å². The lowest BCUT2D eigenvalue weighted by Crippen LogP contribution is -2.34. The molecule has 1 fully saturated rings. The van der Waals surface area contributed by atoms with Crippen molar-refractivity contribution in [2.24, 2.45) is 0 Å². The zero-order valence-electron chi connectivity index (χ0n) is 11.1. The maximum atomic E-state index is 11.9. The van der Waals surface area contributed by atoms with Crippen LogP contribution in [0.2, 0.25) is 0 Å². The van der Waals surface area contributed by atoms with Crippen LogP contribution in [0.4, 0.5) is 5.69 Å². The third-order valence-corrected chi connectivity index (χ3v) is 3.69. The second-order valence-electron chi connectivity index (χ2n) is 4.72. The Bertz CT molecular complexity index is 505. The summed E-state index contributed by atoms with van der Waals surface area (Å²) >= 11 is 3.33. The summed E-state index contributed by atoms with van der Waals surface area (Å²) < 4.78 is 0.950. The van der Waals surface area contributed by atoms with Crippen LogP contribution in [0.25, 0.3) is 0 Å². The summed E-state index contributed by atoms with van der Waals surface area (Å²) in [4.78, 5) is 25.3. The number of carbonyl (C=O) groups is 2. The lowest BCUT2D eigenvalue weighted by atomic mass is 10.1. The molecule has 1 heterocycles. The molecule has 1 aromatic rings. The Kier molecular flexibility index (Phi) is 5.35. The molecule has 0 bridgehead atoms. The number of hydrogen-bond donors (Lipinski definition) is 1. The Hall–Kier alpha value is -1.62. The van der Waals surface area contributed by atoms with Gasteiger partial charge in [0.25, 0.3) is 0 Å². The fraction of sp³-hybridized carbons (Fsp3) is 0.333. The SMILES string of the molecule is O=C(/C=C\C(=O)N1CCCCC1)Nc1ccc(Br)cc1. The Morgan fingerprint density at radius 3 is 2.35 bits per heavy atom. The van der Waals surface area contributed by atoms with Gasteiger partial charge in [-0.1, -0.05) is 15.9 Å². The van der Waals surface area contributed by atoms with Gasteiger partial charge in [0, 0.05) is 35.4 Å². The number of anilines is 1. The van der Waals surface area contributed by atoms with Gasteiger partial charge in [-0.05, 0) is 43.5 Å². The molecule has 5 heteroatoms. The van der Waals surface area contributed by atoms with Gasteiger partial charge in [0.15, 0.2) is 0 Å². The highest BCUT2D eigenvalue weighted by Gasteiger charge is 2.13. The van der Waals surface area contributed by atoms with Gasteiger partial charge in [0.1, 0.15) is 0 Å². The maximum absolute atomic E-state index is 11.9. The van der Waals surface area contributed by atoms with Crippen LogP contribution in [0.15, 0.2) is 40.9 Å². The monoisotopic (exact) mass is 336 g/mol.